The lowest BCUT2D eigenvalue weighted by Crippen LogP contribution is -2.51. The molecule has 0 saturated heterocycles. The number of H-pyrrole nitrogens is 1. The number of hydrogen-bond donors (Lipinski definition) is 3. The van der Waals surface area contributed by atoms with Gasteiger partial charge in [-0.05, 0) is 36.4 Å². The Balaban J connectivity index is 2.02. The average molecular weight is 232 g/mol. The molecule has 4 N–H and O–H groups in total. The zero-order chi connectivity index (χ0) is 12.0. The van der Waals surface area contributed by atoms with Crippen molar-refractivity contribution in [1.82, 2.24) is 4.98 Å². The molecule has 0 amide bonds. The number of aliphatic hydroxyl groups is 1. The number of nitrogens with two attached hydrogens (primary N) is 1. The van der Waals surface area contributed by atoms with Gasteiger partial charge in [0, 0.05) is 17.3 Å². The van der Waals surface area contributed by atoms with Gasteiger partial charge in [-0.3, -0.25) is 0 Å². The van der Waals surface area contributed by atoms with Gasteiger partial charge >= 0.3 is 0 Å². The van der Waals surface area contributed by atoms with E-state index < -0.39 is 5.54 Å². The Morgan fingerprint density at radius 1 is 1.41 bits per heavy atom. The van der Waals surface area contributed by atoms with E-state index in [0.29, 0.717) is 12.8 Å². The average Bonchev–Trinajstić information content (AvgIpc) is 2.69. The highest BCUT2D eigenvalue weighted by molar-refractivity contribution is 5.82. The van der Waals surface area contributed by atoms with E-state index in [-0.39, 0.29) is 6.10 Å². The summed E-state index contributed by atoms with van der Waals surface area (Å²) in [5, 5.41) is 10.5. The number of rotatable bonds is 2. The van der Waals surface area contributed by atoms with Crippen LogP contribution in [0.2, 0.25) is 0 Å². The molecule has 1 saturated carbocycles. The Morgan fingerprint density at radius 2 is 2.18 bits per heavy atom. The minimum absolute atomic E-state index is 0.263. The number of benzene rings is 1. The van der Waals surface area contributed by atoms with Gasteiger partial charge in [-0.1, -0.05) is 0 Å². The molecule has 1 aliphatic carbocycles. The number of methoxy groups -OCH3 is 1. The molecular formula is C13H16N2O2. The SMILES string of the molecule is COc1ccc2cc(C3(N)CC(O)C3)[nH]c2c1. The molecule has 1 fully saturated rings. The summed E-state index contributed by atoms with van der Waals surface area (Å²) in [6.45, 7) is 0. The first-order chi connectivity index (χ1) is 8.10. The standard InChI is InChI=1S/C13H16N2O2/c1-17-10-3-2-8-4-12(15-11(8)5-10)13(14)6-9(16)7-13/h2-5,9,15-16H,6-7,14H2,1H3. The highest BCUT2D eigenvalue weighted by Crippen LogP contribution is 2.39. The van der Waals surface area contributed by atoms with Gasteiger partial charge in [-0.2, -0.15) is 0 Å². The van der Waals surface area contributed by atoms with Crippen LogP contribution >= 0.6 is 0 Å². The number of hydrogen-bond acceptors (Lipinski definition) is 3. The van der Waals surface area contributed by atoms with Crippen LogP contribution in [0.1, 0.15) is 18.5 Å². The maximum absolute atomic E-state index is 9.39. The molecule has 0 atom stereocenters. The van der Waals surface area contributed by atoms with Crippen LogP contribution in [-0.4, -0.2) is 23.3 Å². The molecule has 4 heteroatoms. The highest BCUT2D eigenvalue weighted by Gasteiger charge is 2.42. The number of ether oxygens (including phenoxy) is 1. The van der Waals surface area contributed by atoms with Crippen molar-refractivity contribution in [2.24, 2.45) is 5.73 Å². The van der Waals surface area contributed by atoms with Crippen molar-refractivity contribution < 1.29 is 9.84 Å². The number of aromatic amines is 1. The fourth-order valence-corrected chi connectivity index (χ4v) is 2.50. The second-order valence-electron chi connectivity index (χ2n) is 4.85. The summed E-state index contributed by atoms with van der Waals surface area (Å²) >= 11 is 0. The molecule has 4 nitrogen and oxygen atoms in total. The predicted molar refractivity (Wildman–Crippen MR) is 66.0 cm³/mol. The molecule has 0 bridgehead atoms. The van der Waals surface area contributed by atoms with Crippen molar-refractivity contribution in [1.29, 1.82) is 0 Å². The first-order valence-electron chi connectivity index (χ1n) is 5.75. The van der Waals surface area contributed by atoms with Crippen molar-refractivity contribution in [2.45, 2.75) is 24.5 Å². The van der Waals surface area contributed by atoms with E-state index in [4.69, 9.17) is 10.5 Å². The largest absolute Gasteiger partial charge is 0.497 e. The van der Waals surface area contributed by atoms with Crippen LogP contribution in [0.25, 0.3) is 10.9 Å². The molecule has 3 rings (SSSR count). The lowest BCUT2D eigenvalue weighted by atomic mass is 9.73. The summed E-state index contributed by atoms with van der Waals surface area (Å²) in [6, 6.07) is 7.95. The Hall–Kier alpha value is -1.52. The number of nitrogens with one attached hydrogen (secondary N) is 1. The van der Waals surface area contributed by atoms with Crippen LogP contribution in [0.4, 0.5) is 0 Å². The number of fused-ring (bicyclic) bond motifs is 1. The van der Waals surface area contributed by atoms with E-state index >= 15 is 0 Å². The molecule has 0 aliphatic heterocycles. The lowest BCUT2D eigenvalue weighted by molar-refractivity contribution is 0.0192. The molecule has 0 unspecified atom stereocenters. The topological polar surface area (TPSA) is 71.3 Å². The molecule has 0 radical (unpaired) electrons. The maximum atomic E-state index is 9.39. The van der Waals surface area contributed by atoms with Crippen LogP contribution in [0.5, 0.6) is 5.75 Å². The summed E-state index contributed by atoms with van der Waals surface area (Å²) < 4.78 is 5.18. The highest BCUT2D eigenvalue weighted by atomic mass is 16.5. The zero-order valence-corrected chi connectivity index (χ0v) is 9.73. The second kappa shape index (κ2) is 3.48. The van der Waals surface area contributed by atoms with E-state index in [1.807, 2.05) is 18.2 Å². The summed E-state index contributed by atoms with van der Waals surface area (Å²) in [5.41, 5.74) is 7.84. The first-order valence-corrected chi connectivity index (χ1v) is 5.75. The summed E-state index contributed by atoms with van der Waals surface area (Å²) in [6.07, 6.45) is 0.981. The second-order valence-corrected chi connectivity index (χ2v) is 4.85. The Bertz CT molecular complexity index is 556. The van der Waals surface area contributed by atoms with Gasteiger partial charge in [0.1, 0.15) is 5.75 Å². The van der Waals surface area contributed by atoms with Gasteiger partial charge in [0.05, 0.1) is 18.8 Å². The van der Waals surface area contributed by atoms with E-state index in [9.17, 15) is 5.11 Å². The molecule has 90 valence electrons. The molecular weight excluding hydrogens is 216 g/mol. The van der Waals surface area contributed by atoms with Gasteiger partial charge in [0.25, 0.3) is 0 Å². The predicted octanol–water partition coefficient (Wildman–Crippen LogP) is 1.49. The van der Waals surface area contributed by atoms with Crippen LogP contribution in [0.15, 0.2) is 24.3 Å². The molecule has 1 aromatic heterocycles. The summed E-state index contributed by atoms with van der Waals surface area (Å²) in [5.74, 6) is 0.825. The minimum atomic E-state index is -0.397. The minimum Gasteiger partial charge on any atom is -0.497 e. The molecule has 0 spiro atoms. The van der Waals surface area contributed by atoms with E-state index in [1.54, 1.807) is 7.11 Å². The molecule has 1 heterocycles. The Kier molecular flexibility index (Phi) is 2.18. The van der Waals surface area contributed by atoms with Crippen molar-refractivity contribution in [2.75, 3.05) is 7.11 Å². The monoisotopic (exact) mass is 232 g/mol. The van der Waals surface area contributed by atoms with Crippen LogP contribution in [0.3, 0.4) is 0 Å². The van der Waals surface area contributed by atoms with Crippen LogP contribution in [-0.2, 0) is 5.54 Å². The van der Waals surface area contributed by atoms with Crippen molar-refractivity contribution in [3.63, 3.8) is 0 Å². The fourth-order valence-electron chi connectivity index (χ4n) is 2.50. The lowest BCUT2D eigenvalue weighted by Gasteiger charge is -2.41. The Labute approximate surface area is 99.4 Å². The van der Waals surface area contributed by atoms with Gasteiger partial charge in [0.15, 0.2) is 0 Å². The molecule has 1 aromatic carbocycles. The van der Waals surface area contributed by atoms with Crippen molar-refractivity contribution in [3.8, 4) is 5.75 Å². The zero-order valence-electron chi connectivity index (χ0n) is 9.73. The van der Waals surface area contributed by atoms with Gasteiger partial charge in [-0.25, -0.2) is 0 Å². The van der Waals surface area contributed by atoms with Gasteiger partial charge in [-0.15, -0.1) is 0 Å². The third-order valence-corrected chi connectivity index (χ3v) is 3.57. The van der Waals surface area contributed by atoms with Crippen LogP contribution < -0.4 is 10.5 Å². The van der Waals surface area contributed by atoms with Crippen LogP contribution in [0, 0.1) is 0 Å². The number of aliphatic hydroxyl groups excluding tert-OH is 1. The van der Waals surface area contributed by atoms with E-state index in [0.717, 1.165) is 22.3 Å². The normalized spacial score (nSPS) is 28.1. The van der Waals surface area contributed by atoms with Crippen molar-refractivity contribution in [3.05, 3.63) is 30.0 Å². The van der Waals surface area contributed by atoms with E-state index in [1.165, 1.54) is 0 Å². The van der Waals surface area contributed by atoms with Gasteiger partial charge in [0.2, 0.25) is 0 Å². The molecule has 1 aliphatic rings. The quantitative estimate of drug-likeness (QED) is 0.734. The molecule has 2 aromatic rings. The maximum Gasteiger partial charge on any atom is 0.120 e. The van der Waals surface area contributed by atoms with Gasteiger partial charge < -0.3 is 20.6 Å². The fraction of sp³-hybridized carbons (Fsp3) is 0.385. The third kappa shape index (κ3) is 1.61. The summed E-state index contributed by atoms with van der Waals surface area (Å²) in [7, 11) is 1.65. The first kappa shape index (κ1) is 10.6. The smallest absolute Gasteiger partial charge is 0.120 e. The van der Waals surface area contributed by atoms with E-state index in [2.05, 4.69) is 11.1 Å². The number of aromatic nitrogens is 1. The third-order valence-electron chi connectivity index (χ3n) is 3.57. The Morgan fingerprint density at radius 3 is 2.82 bits per heavy atom. The summed E-state index contributed by atoms with van der Waals surface area (Å²) in [4.78, 5) is 3.32. The van der Waals surface area contributed by atoms with Crippen molar-refractivity contribution >= 4 is 10.9 Å². The molecule has 17 heavy (non-hydrogen) atoms.